The summed E-state index contributed by atoms with van der Waals surface area (Å²) in [6.45, 7) is 0. The van der Waals surface area contributed by atoms with E-state index in [0.717, 1.165) is 5.56 Å². The van der Waals surface area contributed by atoms with Crippen LogP contribution in [0.5, 0.6) is 0 Å². The van der Waals surface area contributed by atoms with E-state index in [1.807, 2.05) is 30.3 Å². The van der Waals surface area contributed by atoms with Gasteiger partial charge >= 0.3 is 0 Å². The summed E-state index contributed by atoms with van der Waals surface area (Å²) in [5.74, 6) is 1.58. The molecule has 0 atom stereocenters. The molecule has 0 amide bonds. The van der Waals surface area contributed by atoms with Gasteiger partial charge in [-0.15, -0.1) is 5.10 Å². The van der Waals surface area contributed by atoms with Crippen LogP contribution in [0.25, 0.3) is 28.6 Å². The maximum absolute atomic E-state index is 13.3. The molecular formula is C18H13FN6. The van der Waals surface area contributed by atoms with E-state index in [9.17, 15) is 4.39 Å². The number of halogens is 1. The Labute approximate surface area is 142 Å². The number of nitrogens with zero attached hydrogens (tertiary/aromatic N) is 5. The molecule has 6 nitrogen and oxygen atoms in total. The monoisotopic (exact) mass is 332 g/mol. The highest BCUT2D eigenvalue weighted by atomic mass is 19.1. The molecular weight excluding hydrogens is 319 g/mol. The fraction of sp³-hybridized carbons (Fsp3) is 0. The lowest BCUT2D eigenvalue weighted by atomic mass is 10.2. The summed E-state index contributed by atoms with van der Waals surface area (Å²) in [4.78, 5) is 12.7. The van der Waals surface area contributed by atoms with Gasteiger partial charge in [-0.25, -0.2) is 19.3 Å². The van der Waals surface area contributed by atoms with Crippen LogP contribution in [-0.4, -0.2) is 24.7 Å². The van der Waals surface area contributed by atoms with Crippen molar-refractivity contribution < 1.29 is 4.39 Å². The van der Waals surface area contributed by atoms with Gasteiger partial charge in [0, 0.05) is 17.2 Å². The minimum Gasteiger partial charge on any atom is -0.384 e. The zero-order chi connectivity index (χ0) is 17.2. The van der Waals surface area contributed by atoms with E-state index >= 15 is 0 Å². The molecule has 0 fully saturated rings. The van der Waals surface area contributed by atoms with Gasteiger partial charge in [-0.1, -0.05) is 30.3 Å². The van der Waals surface area contributed by atoms with Gasteiger partial charge < -0.3 is 5.73 Å². The molecule has 0 saturated carbocycles. The zero-order valence-electron chi connectivity index (χ0n) is 13.0. The highest BCUT2D eigenvalue weighted by Crippen LogP contribution is 2.25. The first kappa shape index (κ1) is 14.9. The molecule has 0 aliphatic carbocycles. The summed E-state index contributed by atoms with van der Waals surface area (Å²) in [6.07, 6.45) is 1.36. The third kappa shape index (κ3) is 2.94. The molecule has 4 rings (SSSR count). The highest BCUT2D eigenvalue weighted by Gasteiger charge is 2.16. The molecule has 0 radical (unpaired) electrons. The topological polar surface area (TPSA) is 82.5 Å². The largest absolute Gasteiger partial charge is 0.384 e. The van der Waals surface area contributed by atoms with Gasteiger partial charge in [-0.2, -0.15) is 4.68 Å². The zero-order valence-corrected chi connectivity index (χ0v) is 13.0. The average molecular weight is 332 g/mol. The first-order valence-corrected chi connectivity index (χ1v) is 7.57. The summed E-state index contributed by atoms with van der Waals surface area (Å²) < 4.78 is 14.8. The standard InChI is InChI=1S/C18H13FN6/c19-14-8-6-13(7-9-14)18-23-17(12-4-2-1-3-5-12)24-25(18)16-10-15(20)21-11-22-16/h1-11H,(H2,20,21,22). The quantitative estimate of drug-likeness (QED) is 0.623. The lowest BCUT2D eigenvalue weighted by Gasteiger charge is -2.05. The van der Waals surface area contributed by atoms with E-state index in [1.165, 1.54) is 18.5 Å². The van der Waals surface area contributed by atoms with Crippen LogP contribution in [0.4, 0.5) is 10.2 Å². The number of anilines is 1. The third-order valence-corrected chi connectivity index (χ3v) is 3.63. The lowest BCUT2D eigenvalue weighted by molar-refractivity contribution is 0.628. The van der Waals surface area contributed by atoms with Gasteiger partial charge in [0.05, 0.1) is 0 Å². The Morgan fingerprint density at radius 3 is 2.36 bits per heavy atom. The average Bonchev–Trinajstić information content (AvgIpc) is 3.08. The third-order valence-electron chi connectivity index (χ3n) is 3.63. The summed E-state index contributed by atoms with van der Waals surface area (Å²) in [6, 6.07) is 17.3. The Bertz CT molecular complexity index is 1010. The number of hydrogen-bond donors (Lipinski definition) is 1. The van der Waals surface area contributed by atoms with Crippen LogP contribution >= 0.6 is 0 Å². The molecule has 0 unspecified atom stereocenters. The van der Waals surface area contributed by atoms with E-state index in [2.05, 4.69) is 20.1 Å². The van der Waals surface area contributed by atoms with Gasteiger partial charge in [0.25, 0.3) is 0 Å². The SMILES string of the molecule is Nc1cc(-n2nc(-c3ccccc3)nc2-c2ccc(F)cc2)ncn1. The number of rotatable bonds is 3. The Morgan fingerprint density at radius 1 is 0.880 bits per heavy atom. The van der Waals surface area contributed by atoms with Gasteiger partial charge in [0.2, 0.25) is 0 Å². The molecule has 2 N–H and O–H groups in total. The van der Waals surface area contributed by atoms with Crippen molar-refractivity contribution in [3.8, 4) is 28.6 Å². The van der Waals surface area contributed by atoms with Crippen LogP contribution in [0, 0.1) is 5.82 Å². The molecule has 0 saturated heterocycles. The lowest BCUT2D eigenvalue weighted by Crippen LogP contribution is -2.04. The molecule has 2 aromatic heterocycles. The number of aromatic nitrogens is 5. The molecule has 2 aromatic carbocycles. The van der Waals surface area contributed by atoms with Gasteiger partial charge in [-0.3, -0.25) is 0 Å². The van der Waals surface area contributed by atoms with Crippen molar-refractivity contribution >= 4 is 5.82 Å². The van der Waals surface area contributed by atoms with Crippen molar-refractivity contribution in [3.63, 3.8) is 0 Å². The van der Waals surface area contributed by atoms with E-state index in [0.29, 0.717) is 28.8 Å². The smallest absolute Gasteiger partial charge is 0.182 e. The first-order chi connectivity index (χ1) is 12.2. The van der Waals surface area contributed by atoms with E-state index < -0.39 is 0 Å². The van der Waals surface area contributed by atoms with Crippen LogP contribution in [-0.2, 0) is 0 Å². The van der Waals surface area contributed by atoms with E-state index in [1.54, 1.807) is 22.9 Å². The highest BCUT2D eigenvalue weighted by molar-refractivity contribution is 5.63. The van der Waals surface area contributed by atoms with Crippen molar-refractivity contribution in [2.45, 2.75) is 0 Å². The number of nitrogens with two attached hydrogens (primary N) is 1. The van der Waals surface area contributed by atoms with Crippen molar-refractivity contribution in [3.05, 3.63) is 72.8 Å². The molecule has 0 bridgehead atoms. The van der Waals surface area contributed by atoms with Crippen LogP contribution in [0.1, 0.15) is 0 Å². The summed E-state index contributed by atoms with van der Waals surface area (Å²) in [7, 11) is 0. The molecule has 25 heavy (non-hydrogen) atoms. The molecule has 122 valence electrons. The minimum absolute atomic E-state index is 0.315. The van der Waals surface area contributed by atoms with Crippen molar-refractivity contribution in [2.75, 3.05) is 5.73 Å². The molecule has 0 spiro atoms. The maximum Gasteiger partial charge on any atom is 0.182 e. The Morgan fingerprint density at radius 2 is 1.64 bits per heavy atom. The second-order valence-corrected chi connectivity index (χ2v) is 5.34. The molecule has 7 heteroatoms. The van der Waals surface area contributed by atoms with Crippen LogP contribution in [0.3, 0.4) is 0 Å². The minimum atomic E-state index is -0.315. The fourth-order valence-corrected chi connectivity index (χ4v) is 2.44. The van der Waals surface area contributed by atoms with Gasteiger partial charge in [-0.05, 0) is 24.3 Å². The number of benzene rings is 2. The summed E-state index contributed by atoms with van der Waals surface area (Å²) in [5, 5.41) is 4.56. The second-order valence-electron chi connectivity index (χ2n) is 5.34. The van der Waals surface area contributed by atoms with Crippen molar-refractivity contribution in [1.29, 1.82) is 0 Å². The normalized spacial score (nSPS) is 10.8. The Hall–Kier alpha value is -3.61. The van der Waals surface area contributed by atoms with Crippen LogP contribution in [0.15, 0.2) is 67.0 Å². The van der Waals surface area contributed by atoms with Crippen molar-refractivity contribution in [1.82, 2.24) is 24.7 Å². The van der Waals surface area contributed by atoms with E-state index in [4.69, 9.17) is 5.73 Å². The van der Waals surface area contributed by atoms with Gasteiger partial charge in [0.15, 0.2) is 17.5 Å². The molecule has 0 aliphatic rings. The van der Waals surface area contributed by atoms with E-state index in [-0.39, 0.29) is 5.82 Å². The molecule has 2 heterocycles. The molecule has 0 aliphatic heterocycles. The second kappa shape index (κ2) is 6.12. The summed E-state index contributed by atoms with van der Waals surface area (Å²) >= 11 is 0. The number of nitrogen functional groups attached to an aromatic ring is 1. The molecule has 4 aromatic rings. The summed E-state index contributed by atoms with van der Waals surface area (Å²) in [5.41, 5.74) is 7.34. The van der Waals surface area contributed by atoms with Crippen molar-refractivity contribution in [2.24, 2.45) is 0 Å². The Balaban J connectivity index is 1.91. The van der Waals surface area contributed by atoms with Gasteiger partial charge in [0.1, 0.15) is 18.0 Å². The van der Waals surface area contributed by atoms with Crippen LogP contribution in [0.2, 0.25) is 0 Å². The maximum atomic E-state index is 13.3. The fourth-order valence-electron chi connectivity index (χ4n) is 2.44. The first-order valence-electron chi connectivity index (χ1n) is 7.57. The number of hydrogen-bond acceptors (Lipinski definition) is 5. The van der Waals surface area contributed by atoms with Crippen LogP contribution < -0.4 is 5.73 Å². The Kier molecular flexibility index (Phi) is 3.66. The predicted octanol–water partition coefficient (Wildman–Crippen LogP) is 3.11. The predicted molar refractivity (Wildman–Crippen MR) is 92.2 cm³/mol.